The van der Waals surface area contributed by atoms with Crippen LogP contribution in [-0.2, 0) is 6.42 Å². The van der Waals surface area contributed by atoms with E-state index in [-0.39, 0.29) is 5.91 Å². The highest BCUT2D eigenvalue weighted by molar-refractivity contribution is 9.10. The second-order valence-electron chi connectivity index (χ2n) is 6.31. The van der Waals surface area contributed by atoms with Gasteiger partial charge in [0.15, 0.2) is 0 Å². The number of rotatable bonds is 9. The lowest BCUT2D eigenvalue weighted by Gasteiger charge is -2.10. The zero-order chi connectivity index (χ0) is 20.5. The Balaban J connectivity index is 1.53. The minimum absolute atomic E-state index is 0.196. The maximum Gasteiger partial charge on any atom is 0.255 e. The minimum atomic E-state index is -0.196. The van der Waals surface area contributed by atoms with Crippen molar-refractivity contribution in [3.05, 3.63) is 101 Å². The minimum Gasteiger partial charge on any atom is -0.493 e. The molecule has 3 aromatic rings. The average Bonchev–Trinajstić information content (AvgIpc) is 2.75. The molecule has 0 radical (unpaired) electrons. The van der Waals surface area contributed by atoms with E-state index in [0.29, 0.717) is 34.7 Å². The van der Waals surface area contributed by atoms with Gasteiger partial charge in [0.2, 0.25) is 0 Å². The van der Waals surface area contributed by atoms with E-state index in [9.17, 15) is 4.79 Å². The summed E-state index contributed by atoms with van der Waals surface area (Å²) in [5.74, 6) is 1.24. The van der Waals surface area contributed by atoms with Crippen molar-refractivity contribution in [3.8, 4) is 11.5 Å². The van der Waals surface area contributed by atoms with Gasteiger partial charge in [-0.05, 0) is 64.0 Å². The molecule has 3 rings (SSSR count). The molecular weight excluding hydrogens is 430 g/mol. The van der Waals surface area contributed by atoms with Crippen molar-refractivity contribution in [1.29, 1.82) is 0 Å². The van der Waals surface area contributed by atoms with Crippen LogP contribution in [0.5, 0.6) is 11.5 Å². The highest BCUT2D eigenvalue weighted by Gasteiger charge is 2.10. The maximum absolute atomic E-state index is 12.5. The van der Waals surface area contributed by atoms with E-state index in [4.69, 9.17) is 9.47 Å². The van der Waals surface area contributed by atoms with Crippen molar-refractivity contribution in [2.75, 3.05) is 18.5 Å². The summed E-state index contributed by atoms with van der Waals surface area (Å²) in [6.07, 6.45) is 2.52. The highest BCUT2D eigenvalue weighted by atomic mass is 79.9. The number of amides is 1. The first-order valence-electron chi connectivity index (χ1n) is 9.27. The van der Waals surface area contributed by atoms with E-state index in [1.54, 1.807) is 24.3 Å². The van der Waals surface area contributed by atoms with Crippen molar-refractivity contribution in [3.63, 3.8) is 0 Å². The van der Waals surface area contributed by atoms with Crippen molar-refractivity contribution in [1.82, 2.24) is 0 Å². The summed E-state index contributed by atoms with van der Waals surface area (Å²) in [6.45, 7) is 4.63. The molecule has 0 heterocycles. The summed E-state index contributed by atoms with van der Waals surface area (Å²) in [4.78, 5) is 12.5. The fraction of sp³-hybridized carbons (Fsp3) is 0.125. The lowest BCUT2D eigenvalue weighted by molar-refractivity contribution is 0.102. The first-order valence-corrected chi connectivity index (χ1v) is 10.1. The number of carbonyl (C=O) groups is 1. The number of benzene rings is 3. The van der Waals surface area contributed by atoms with E-state index >= 15 is 0 Å². The van der Waals surface area contributed by atoms with Gasteiger partial charge in [-0.25, -0.2) is 0 Å². The smallest absolute Gasteiger partial charge is 0.255 e. The molecular formula is C24H22BrNO3. The van der Waals surface area contributed by atoms with Crippen LogP contribution in [0.15, 0.2) is 89.9 Å². The third kappa shape index (κ3) is 6.22. The number of nitrogens with one attached hydrogen (secondary N) is 1. The summed E-state index contributed by atoms with van der Waals surface area (Å²) >= 11 is 3.43. The van der Waals surface area contributed by atoms with Gasteiger partial charge in [-0.15, -0.1) is 0 Å². The van der Waals surface area contributed by atoms with E-state index in [1.807, 2.05) is 42.5 Å². The Morgan fingerprint density at radius 3 is 2.45 bits per heavy atom. The van der Waals surface area contributed by atoms with Crippen molar-refractivity contribution in [2.45, 2.75) is 6.42 Å². The first kappa shape index (κ1) is 20.7. The highest BCUT2D eigenvalue weighted by Crippen LogP contribution is 2.26. The van der Waals surface area contributed by atoms with Gasteiger partial charge in [-0.1, -0.05) is 43.0 Å². The Hall–Kier alpha value is -3.05. The molecule has 0 saturated carbocycles. The molecule has 1 N–H and O–H groups in total. The normalized spacial score (nSPS) is 10.2. The fourth-order valence-electron chi connectivity index (χ4n) is 2.68. The second-order valence-corrected chi connectivity index (χ2v) is 7.16. The molecule has 4 nitrogen and oxygen atoms in total. The van der Waals surface area contributed by atoms with E-state index in [0.717, 1.165) is 12.2 Å². The van der Waals surface area contributed by atoms with Crippen LogP contribution in [0.1, 0.15) is 15.9 Å². The van der Waals surface area contributed by atoms with Crippen LogP contribution in [0, 0.1) is 0 Å². The molecule has 0 aliphatic carbocycles. The van der Waals surface area contributed by atoms with Gasteiger partial charge >= 0.3 is 0 Å². The number of carbonyl (C=O) groups excluding carboxylic acids is 1. The van der Waals surface area contributed by atoms with E-state index < -0.39 is 0 Å². The standard InChI is InChI=1S/C24H22BrNO3/c1-2-15-29-23-13-8-19(17-22(23)25)24(27)26-20-9-11-21(12-10-20)28-16-14-18-6-4-3-5-7-18/h2-13,17H,1,14-16H2,(H,26,27). The van der Waals surface area contributed by atoms with Crippen LogP contribution in [0.4, 0.5) is 5.69 Å². The molecule has 0 saturated heterocycles. The molecule has 0 atom stereocenters. The molecule has 0 spiro atoms. The predicted octanol–water partition coefficient (Wildman–Crippen LogP) is 5.89. The van der Waals surface area contributed by atoms with Crippen LogP contribution in [0.25, 0.3) is 0 Å². The molecule has 0 aliphatic rings. The summed E-state index contributed by atoms with van der Waals surface area (Å²) in [5.41, 5.74) is 2.47. The van der Waals surface area contributed by atoms with Gasteiger partial charge in [0.05, 0.1) is 11.1 Å². The van der Waals surface area contributed by atoms with Crippen LogP contribution in [0.3, 0.4) is 0 Å². The molecule has 3 aromatic carbocycles. The SMILES string of the molecule is C=CCOc1ccc(C(=O)Nc2ccc(OCCc3ccccc3)cc2)cc1Br. The molecule has 0 fully saturated rings. The van der Waals surface area contributed by atoms with Gasteiger partial charge in [0, 0.05) is 17.7 Å². The molecule has 0 aliphatic heterocycles. The van der Waals surface area contributed by atoms with Gasteiger partial charge in [-0.3, -0.25) is 4.79 Å². The predicted molar refractivity (Wildman–Crippen MR) is 120 cm³/mol. The van der Waals surface area contributed by atoms with Crippen molar-refractivity contribution >= 4 is 27.5 Å². The Labute approximate surface area is 179 Å². The summed E-state index contributed by atoms with van der Waals surface area (Å²) in [7, 11) is 0. The Bertz CT molecular complexity index is 956. The van der Waals surface area contributed by atoms with Crippen LogP contribution >= 0.6 is 15.9 Å². The van der Waals surface area contributed by atoms with Gasteiger partial charge in [-0.2, -0.15) is 0 Å². The summed E-state index contributed by atoms with van der Waals surface area (Å²) < 4.78 is 12.0. The third-order valence-corrected chi connectivity index (χ3v) is 4.78. The largest absolute Gasteiger partial charge is 0.493 e. The van der Waals surface area contributed by atoms with Gasteiger partial charge < -0.3 is 14.8 Å². The van der Waals surface area contributed by atoms with Crippen LogP contribution in [-0.4, -0.2) is 19.1 Å². The third-order valence-electron chi connectivity index (χ3n) is 4.17. The van der Waals surface area contributed by atoms with Gasteiger partial charge in [0.1, 0.15) is 18.1 Å². The number of hydrogen-bond donors (Lipinski definition) is 1. The fourth-order valence-corrected chi connectivity index (χ4v) is 3.17. The molecule has 1 amide bonds. The summed E-state index contributed by atoms with van der Waals surface area (Å²) in [6, 6.07) is 22.8. The first-order chi connectivity index (χ1) is 14.2. The zero-order valence-electron chi connectivity index (χ0n) is 15.9. The molecule has 5 heteroatoms. The number of ether oxygens (including phenoxy) is 2. The quantitative estimate of drug-likeness (QED) is 0.412. The molecule has 0 unspecified atom stereocenters. The number of anilines is 1. The van der Waals surface area contributed by atoms with Gasteiger partial charge in [0.25, 0.3) is 5.91 Å². The average molecular weight is 452 g/mol. The van der Waals surface area contributed by atoms with Crippen LogP contribution < -0.4 is 14.8 Å². The van der Waals surface area contributed by atoms with E-state index in [1.165, 1.54) is 5.56 Å². The zero-order valence-corrected chi connectivity index (χ0v) is 17.5. The molecule has 0 bridgehead atoms. The lowest BCUT2D eigenvalue weighted by Crippen LogP contribution is -2.12. The van der Waals surface area contributed by atoms with E-state index in [2.05, 4.69) is 40.0 Å². The topological polar surface area (TPSA) is 47.6 Å². The molecule has 0 aromatic heterocycles. The lowest BCUT2D eigenvalue weighted by atomic mass is 10.2. The Morgan fingerprint density at radius 1 is 1.00 bits per heavy atom. The number of hydrogen-bond acceptors (Lipinski definition) is 3. The Morgan fingerprint density at radius 2 is 1.76 bits per heavy atom. The monoisotopic (exact) mass is 451 g/mol. The molecule has 148 valence electrons. The second kappa shape index (κ2) is 10.5. The molecule has 29 heavy (non-hydrogen) atoms. The maximum atomic E-state index is 12.5. The number of halogens is 1. The van der Waals surface area contributed by atoms with Crippen molar-refractivity contribution in [2.24, 2.45) is 0 Å². The van der Waals surface area contributed by atoms with Crippen LogP contribution in [0.2, 0.25) is 0 Å². The summed E-state index contributed by atoms with van der Waals surface area (Å²) in [5, 5.41) is 2.88. The van der Waals surface area contributed by atoms with Crippen molar-refractivity contribution < 1.29 is 14.3 Å². The Kier molecular flexibility index (Phi) is 7.47.